The molecule has 0 aromatic carbocycles. The van der Waals surface area contributed by atoms with E-state index in [1.165, 1.54) is 148 Å². The predicted molar refractivity (Wildman–Crippen MR) is 156 cm³/mol. The Balaban J connectivity index is 4.19. The predicted octanol–water partition coefficient (Wildman–Crippen LogP) is 11.6. The van der Waals surface area contributed by atoms with Crippen molar-refractivity contribution in [3.63, 3.8) is 0 Å². The molecule has 0 bridgehead atoms. The van der Waals surface area contributed by atoms with Crippen molar-refractivity contribution in [3.8, 4) is 0 Å². The fourth-order valence-corrected chi connectivity index (χ4v) is 5.24. The summed E-state index contributed by atoms with van der Waals surface area (Å²) >= 11 is 0. The van der Waals surface area contributed by atoms with Gasteiger partial charge in [-0.3, -0.25) is 4.79 Å². The lowest BCUT2D eigenvalue weighted by Crippen LogP contribution is -2.17. The summed E-state index contributed by atoms with van der Waals surface area (Å²) in [5, 5.41) is 0. The van der Waals surface area contributed by atoms with Crippen LogP contribution in [0.2, 0.25) is 0 Å². The van der Waals surface area contributed by atoms with Gasteiger partial charge >= 0.3 is 5.97 Å². The molecular weight excluding hydrogens is 428 g/mol. The summed E-state index contributed by atoms with van der Waals surface area (Å²) in [6, 6.07) is 0. The van der Waals surface area contributed by atoms with Crippen LogP contribution in [0.5, 0.6) is 0 Å². The summed E-state index contributed by atoms with van der Waals surface area (Å²) in [5.41, 5.74) is 0. The van der Waals surface area contributed by atoms with Crippen LogP contribution in [-0.4, -0.2) is 12.6 Å². The Morgan fingerprint density at radius 1 is 0.486 bits per heavy atom. The Labute approximate surface area is 222 Å². The number of unbranched alkanes of at least 4 members (excludes halogenated alkanes) is 17. The van der Waals surface area contributed by atoms with Gasteiger partial charge in [0, 0.05) is 6.42 Å². The van der Waals surface area contributed by atoms with Crippen LogP contribution < -0.4 is 0 Å². The van der Waals surface area contributed by atoms with Crippen LogP contribution in [0.1, 0.15) is 188 Å². The van der Waals surface area contributed by atoms with E-state index >= 15 is 0 Å². The van der Waals surface area contributed by atoms with E-state index in [0.29, 0.717) is 24.9 Å². The highest BCUT2D eigenvalue weighted by Gasteiger charge is 2.16. The largest absolute Gasteiger partial charge is 0.465 e. The van der Waals surface area contributed by atoms with Gasteiger partial charge in [-0.25, -0.2) is 0 Å². The number of ether oxygens (including phenoxy) is 1. The molecule has 0 saturated carbocycles. The van der Waals surface area contributed by atoms with E-state index in [1.54, 1.807) is 0 Å². The zero-order valence-electron chi connectivity index (χ0n) is 24.9. The third-order valence-electron chi connectivity index (χ3n) is 7.91. The number of hydrogen-bond donors (Lipinski definition) is 0. The molecule has 210 valence electrons. The van der Waals surface area contributed by atoms with E-state index in [0.717, 1.165) is 6.42 Å². The smallest absolute Gasteiger partial charge is 0.306 e. The lowest BCUT2D eigenvalue weighted by Gasteiger charge is -2.18. The summed E-state index contributed by atoms with van der Waals surface area (Å²) in [4.78, 5) is 12.6. The summed E-state index contributed by atoms with van der Waals surface area (Å²) < 4.78 is 5.77. The summed E-state index contributed by atoms with van der Waals surface area (Å²) in [6.07, 6.45) is 32.6. The molecule has 0 aromatic rings. The number of rotatable bonds is 28. The molecule has 35 heavy (non-hydrogen) atoms. The molecule has 0 aromatic heterocycles. The van der Waals surface area contributed by atoms with Crippen molar-refractivity contribution in [2.24, 2.45) is 11.8 Å². The zero-order chi connectivity index (χ0) is 25.8. The van der Waals surface area contributed by atoms with Gasteiger partial charge in [0.05, 0.1) is 6.61 Å². The Bertz CT molecular complexity index is 419. The van der Waals surface area contributed by atoms with Crippen LogP contribution in [0.3, 0.4) is 0 Å². The van der Waals surface area contributed by atoms with E-state index in [1.807, 2.05) is 0 Å². The minimum Gasteiger partial charge on any atom is -0.465 e. The quantitative estimate of drug-likeness (QED) is 0.0798. The molecule has 0 amide bonds. The fourth-order valence-electron chi connectivity index (χ4n) is 5.24. The SMILES string of the molecule is CCCCCCCCCCCCC(CCCCCCCCCC)CC(=O)OCC(CC)CCCC. The van der Waals surface area contributed by atoms with Crippen LogP contribution in [0, 0.1) is 11.8 Å². The van der Waals surface area contributed by atoms with Crippen molar-refractivity contribution in [3.05, 3.63) is 0 Å². The highest BCUT2D eigenvalue weighted by Crippen LogP contribution is 2.23. The maximum atomic E-state index is 12.6. The summed E-state index contributed by atoms with van der Waals surface area (Å²) in [7, 11) is 0. The van der Waals surface area contributed by atoms with Gasteiger partial charge in [-0.15, -0.1) is 0 Å². The van der Waals surface area contributed by atoms with Crippen molar-refractivity contribution < 1.29 is 9.53 Å². The van der Waals surface area contributed by atoms with Crippen molar-refractivity contribution in [1.82, 2.24) is 0 Å². The third-order valence-corrected chi connectivity index (χ3v) is 7.91. The van der Waals surface area contributed by atoms with Gasteiger partial charge in [-0.1, -0.05) is 163 Å². The topological polar surface area (TPSA) is 26.3 Å². The van der Waals surface area contributed by atoms with Gasteiger partial charge in [-0.05, 0) is 31.1 Å². The molecule has 0 heterocycles. The molecule has 2 heteroatoms. The maximum Gasteiger partial charge on any atom is 0.306 e. The second kappa shape index (κ2) is 28.0. The van der Waals surface area contributed by atoms with E-state index in [9.17, 15) is 4.79 Å². The average Bonchev–Trinajstić information content (AvgIpc) is 2.86. The van der Waals surface area contributed by atoms with E-state index < -0.39 is 0 Å². The van der Waals surface area contributed by atoms with Crippen LogP contribution >= 0.6 is 0 Å². The lowest BCUT2D eigenvalue weighted by molar-refractivity contribution is -0.146. The molecule has 0 radical (unpaired) electrons. The minimum atomic E-state index is 0.0663. The van der Waals surface area contributed by atoms with Gasteiger partial charge in [0.1, 0.15) is 0 Å². The Kier molecular flexibility index (Phi) is 27.6. The van der Waals surface area contributed by atoms with E-state index in [4.69, 9.17) is 4.74 Å². The Morgan fingerprint density at radius 3 is 1.26 bits per heavy atom. The Hall–Kier alpha value is -0.530. The molecule has 2 nitrogen and oxygen atoms in total. The van der Waals surface area contributed by atoms with Crippen molar-refractivity contribution >= 4 is 5.97 Å². The van der Waals surface area contributed by atoms with Gasteiger partial charge in [0.15, 0.2) is 0 Å². The molecule has 0 aliphatic rings. The molecule has 0 aliphatic heterocycles. The Morgan fingerprint density at radius 2 is 0.857 bits per heavy atom. The zero-order valence-corrected chi connectivity index (χ0v) is 24.9. The minimum absolute atomic E-state index is 0.0663. The van der Waals surface area contributed by atoms with Crippen LogP contribution in [0.25, 0.3) is 0 Å². The highest BCUT2D eigenvalue weighted by molar-refractivity contribution is 5.69. The standard InChI is InChI=1S/C33H66O2/c1-5-9-12-14-16-18-19-21-23-25-28-32(27-24-22-20-17-15-13-10-6-2)29-33(34)35-30-31(8-4)26-11-7-3/h31-32H,5-30H2,1-4H3. The summed E-state index contributed by atoms with van der Waals surface area (Å²) in [5.74, 6) is 1.15. The molecule has 0 aliphatic carbocycles. The first-order chi connectivity index (χ1) is 17.2. The molecule has 2 atom stereocenters. The first-order valence-electron chi connectivity index (χ1n) is 16.3. The highest BCUT2D eigenvalue weighted by atomic mass is 16.5. The van der Waals surface area contributed by atoms with Crippen LogP contribution in [0.15, 0.2) is 0 Å². The fraction of sp³-hybridized carbons (Fsp3) is 0.970. The normalized spacial score (nSPS) is 13.1. The number of carbonyl (C=O) groups is 1. The second-order valence-corrected chi connectivity index (χ2v) is 11.4. The lowest BCUT2D eigenvalue weighted by atomic mass is 9.91. The van der Waals surface area contributed by atoms with E-state index in [2.05, 4.69) is 27.7 Å². The molecular formula is C33H66O2. The van der Waals surface area contributed by atoms with Gasteiger partial charge < -0.3 is 4.74 Å². The monoisotopic (exact) mass is 495 g/mol. The number of hydrogen-bond acceptors (Lipinski definition) is 2. The van der Waals surface area contributed by atoms with Gasteiger partial charge in [-0.2, -0.15) is 0 Å². The molecule has 0 rings (SSSR count). The maximum absolute atomic E-state index is 12.6. The van der Waals surface area contributed by atoms with Gasteiger partial charge in [0.2, 0.25) is 0 Å². The van der Waals surface area contributed by atoms with Crippen LogP contribution in [0.4, 0.5) is 0 Å². The van der Waals surface area contributed by atoms with Crippen molar-refractivity contribution in [1.29, 1.82) is 0 Å². The average molecular weight is 495 g/mol. The molecule has 2 unspecified atom stereocenters. The third kappa shape index (κ3) is 24.9. The van der Waals surface area contributed by atoms with Crippen molar-refractivity contribution in [2.75, 3.05) is 6.61 Å². The number of esters is 1. The number of carbonyl (C=O) groups excluding carboxylic acids is 1. The summed E-state index contributed by atoms with van der Waals surface area (Å²) in [6.45, 7) is 9.68. The molecule has 0 fully saturated rings. The molecule has 0 spiro atoms. The molecule has 0 saturated heterocycles. The first-order valence-corrected chi connectivity index (χ1v) is 16.3. The second-order valence-electron chi connectivity index (χ2n) is 11.4. The van der Waals surface area contributed by atoms with E-state index in [-0.39, 0.29) is 5.97 Å². The first kappa shape index (κ1) is 34.5. The van der Waals surface area contributed by atoms with Gasteiger partial charge in [0.25, 0.3) is 0 Å². The van der Waals surface area contributed by atoms with Crippen molar-refractivity contribution in [2.45, 2.75) is 188 Å². The molecule has 0 N–H and O–H groups in total. The van der Waals surface area contributed by atoms with Crippen LogP contribution in [-0.2, 0) is 9.53 Å².